The van der Waals surface area contributed by atoms with Crippen molar-refractivity contribution in [3.05, 3.63) is 288 Å². The zero-order valence-electron chi connectivity index (χ0n) is 43.4. The minimum Gasteiger partial charge on any atom is -0.334 e. The Balaban J connectivity index is 1.01. The summed E-state index contributed by atoms with van der Waals surface area (Å²) in [6.45, 7) is 4.48. The van der Waals surface area contributed by atoms with Crippen molar-refractivity contribution in [2.24, 2.45) is 5.92 Å². The molecule has 10 aromatic carbocycles. The lowest BCUT2D eigenvalue weighted by molar-refractivity contribution is 0.700. The van der Waals surface area contributed by atoms with Gasteiger partial charge in [-0.05, 0) is 148 Å². The van der Waals surface area contributed by atoms with Crippen LogP contribution in [0.4, 0.5) is 5.69 Å². The van der Waals surface area contributed by atoms with Gasteiger partial charge in [0.25, 0.3) is 0 Å². The van der Waals surface area contributed by atoms with Crippen molar-refractivity contribution in [1.82, 2.24) is 13.7 Å². The third kappa shape index (κ3) is 5.63. The van der Waals surface area contributed by atoms with E-state index in [1.165, 1.54) is 127 Å². The van der Waals surface area contributed by atoms with Crippen LogP contribution < -0.4 is 4.90 Å². The first-order valence-corrected chi connectivity index (χ1v) is 27.7. The predicted molar refractivity (Wildman–Crippen MR) is 326 cm³/mol. The first-order valence-electron chi connectivity index (χ1n) is 27.7. The molecule has 13 aromatic rings. The number of aromatic nitrogens is 3. The molecular weight excluding hydrogens is 945 g/mol. The Bertz CT molecular complexity index is 4390. The van der Waals surface area contributed by atoms with Crippen LogP contribution in [0.2, 0.25) is 0 Å². The van der Waals surface area contributed by atoms with E-state index in [1.54, 1.807) is 0 Å². The quantitative estimate of drug-likeness (QED) is 0.168. The van der Waals surface area contributed by atoms with Crippen molar-refractivity contribution >= 4 is 71.1 Å². The molecule has 0 amide bonds. The number of allylic oxidation sites excluding steroid dienone is 5. The van der Waals surface area contributed by atoms with E-state index in [0.717, 1.165) is 23.5 Å². The SMILES string of the molecule is C/C=C1\C(=C/CC)C2C=CC=CC2N1c1ccc2c(c1)C1(c3cc(-n4c5ccccc5c5ccccc54)ccc3-2)c2cc(-n3c4ccccc4c4ccccc43)ccc2-c2ccc(-n3c4ccccc4c4ccccc43)cc21. The molecule has 0 radical (unpaired) electrons. The largest absolute Gasteiger partial charge is 0.334 e. The van der Waals surface area contributed by atoms with Crippen molar-refractivity contribution in [2.75, 3.05) is 4.90 Å². The van der Waals surface area contributed by atoms with Gasteiger partial charge < -0.3 is 18.6 Å². The monoisotopic (exact) mass is 996 g/mol. The Morgan fingerprint density at radius 2 is 0.705 bits per heavy atom. The molecule has 1 aliphatic heterocycles. The molecule has 17 rings (SSSR count). The number of fused-ring (bicyclic) bond motifs is 20. The van der Waals surface area contributed by atoms with Gasteiger partial charge in [-0.1, -0.05) is 177 Å². The van der Waals surface area contributed by atoms with Gasteiger partial charge in [0.15, 0.2) is 0 Å². The summed E-state index contributed by atoms with van der Waals surface area (Å²) in [6.07, 6.45) is 15.1. The Labute approximate surface area is 452 Å². The molecule has 1 saturated heterocycles. The number of benzene rings is 10. The molecule has 4 heteroatoms. The van der Waals surface area contributed by atoms with Crippen molar-refractivity contribution in [2.45, 2.75) is 31.7 Å². The van der Waals surface area contributed by atoms with Crippen LogP contribution in [-0.4, -0.2) is 19.7 Å². The maximum Gasteiger partial charge on any atom is 0.0728 e. The van der Waals surface area contributed by atoms with Crippen LogP contribution in [0.15, 0.2) is 266 Å². The van der Waals surface area contributed by atoms with E-state index >= 15 is 0 Å². The van der Waals surface area contributed by atoms with E-state index in [0.29, 0.717) is 0 Å². The average molecular weight is 997 g/mol. The van der Waals surface area contributed by atoms with Gasteiger partial charge in [0.1, 0.15) is 0 Å². The van der Waals surface area contributed by atoms with Gasteiger partial charge in [-0.25, -0.2) is 0 Å². The molecule has 4 nitrogen and oxygen atoms in total. The molecule has 3 aliphatic carbocycles. The standard InChI is InChI=1S/C74H52N4/c1-3-19-54-55-20-5-12-27-67(55)75(66(54)4-2)46-34-38-50-51-39-35-47(76-68-28-13-6-21-56(68)57-22-7-14-29-69(57)76)43-63(51)74(62(50)42-46)64-44-48(77-70-30-15-8-23-58(70)59-24-9-16-31-71(59)77)36-40-52(64)53-41-37-49(45-65(53)74)78-72-32-17-10-25-60(72)61-26-11-18-33-73(61)78/h4-45,55,67H,3H2,1-2H3/b54-19-,66-4+. The highest BCUT2D eigenvalue weighted by molar-refractivity contribution is 6.12. The molecule has 2 atom stereocenters. The number of nitrogens with zero attached hydrogens (tertiary/aromatic N) is 4. The number of hydrogen-bond acceptors (Lipinski definition) is 1. The number of rotatable bonds is 5. The molecule has 4 heterocycles. The summed E-state index contributed by atoms with van der Waals surface area (Å²) in [5, 5.41) is 7.53. The van der Waals surface area contributed by atoms with Gasteiger partial charge in [0, 0.05) is 66.7 Å². The molecule has 0 bridgehead atoms. The fourth-order valence-corrected chi connectivity index (χ4v) is 15.0. The number of para-hydroxylation sites is 6. The maximum absolute atomic E-state index is 2.63. The van der Waals surface area contributed by atoms with Gasteiger partial charge >= 0.3 is 0 Å². The lowest BCUT2D eigenvalue weighted by Crippen LogP contribution is -2.31. The van der Waals surface area contributed by atoms with Gasteiger partial charge in [-0.3, -0.25) is 0 Å². The van der Waals surface area contributed by atoms with Crippen LogP contribution in [0.25, 0.3) is 105 Å². The summed E-state index contributed by atoms with van der Waals surface area (Å²) in [7, 11) is 0. The summed E-state index contributed by atoms with van der Waals surface area (Å²) >= 11 is 0. The van der Waals surface area contributed by atoms with E-state index in [9.17, 15) is 0 Å². The van der Waals surface area contributed by atoms with Crippen LogP contribution in [0, 0.1) is 5.92 Å². The number of hydrogen-bond donors (Lipinski definition) is 0. The van der Waals surface area contributed by atoms with Crippen LogP contribution in [0.1, 0.15) is 42.5 Å². The second-order valence-electron chi connectivity index (χ2n) is 21.7. The molecule has 368 valence electrons. The smallest absolute Gasteiger partial charge is 0.0728 e. The minimum absolute atomic E-state index is 0.158. The first kappa shape index (κ1) is 43.6. The highest BCUT2D eigenvalue weighted by atomic mass is 15.2. The highest BCUT2D eigenvalue weighted by Crippen LogP contribution is 2.65. The van der Waals surface area contributed by atoms with Crippen molar-refractivity contribution in [3.8, 4) is 39.3 Å². The lowest BCUT2D eigenvalue weighted by atomic mass is 9.70. The molecule has 0 N–H and O–H groups in total. The normalized spacial score (nSPS) is 17.7. The number of anilines is 1. The zero-order chi connectivity index (χ0) is 51.4. The molecule has 1 fully saturated rings. The van der Waals surface area contributed by atoms with E-state index < -0.39 is 5.41 Å². The molecular formula is C74H52N4. The third-order valence-electron chi connectivity index (χ3n) is 18.0. The Morgan fingerprint density at radius 1 is 0.385 bits per heavy atom. The summed E-state index contributed by atoms with van der Waals surface area (Å²) in [5.41, 5.74) is 24.1. The average Bonchev–Trinajstić information content (AvgIpc) is 3.47. The molecule has 3 aromatic heterocycles. The molecule has 1 spiro atoms. The Hall–Kier alpha value is -9.64. The topological polar surface area (TPSA) is 18.0 Å². The summed E-state index contributed by atoms with van der Waals surface area (Å²) < 4.78 is 7.50. The van der Waals surface area contributed by atoms with E-state index in [1.807, 2.05) is 0 Å². The highest BCUT2D eigenvalue weighted by Gasteiger charge is 2.53. The van der Waals surface area contributed by atoms with Crippen LogP contribution in [-0.2, 0) is 5.41 Å². The van der Waals surface area contributed by atoms with Crippen molar-refractivity contribution in [1.29, 1.82) is 0 Å². The van der Waals surface area contributed by atoms with E-state index in [4.69, 9.17) is 0 Å². The minimum atomic E-state index is -0.747. The fraction of sp³-hybridized carbons (Fsp3) is 0.0811. The molecule has 78 heavy (non-hydrogen) atoms. The fourth-order valence-electron chi connectivity index (χ4n) is 15.0. The van der Waals surface area contributed by atoms with Crippen LogP contribution >= 0.6 is 0 Å². The summed E-state index contributed by atoms with van der Waals surface area (Å²) in [5.74, 6) is 0.268. The first-order chi connectivity index (χ1) is 38.6. The summed E-state index contributed by atoms with van der Waals surface area (Å²) in [4.78, 5) is 2.63. The third-order valence-corrected chi connectivity index (χ3v) is 18.0. The second kappa shape index (κ2) is 16.2. The Morgan fingerprint density at radius 3 is 1.05 bits per heavy atom. The maximum atomic E-state index is 2.63. The van der Waals surface area contributed by atoms with E-state index in [2.05, 4.69) is 287 Å². The molecule has 2 unspecified atom stereocenters. The van der Waals surface area contributed by atoms with Gasteiger partial charge in [0.05, 0.1) is 44.6 Å². The Kier molecular flexibility index (Phi) is 9.05. The van der Waals surface area contributed by atoms with Crippen molar-refractivity contribution in [3.63, 3.8) is 0 Å². The molecule has 4 aliphatic rings. The van der Waals surface area contributed by atoms with Crippen LogP contribution in [0.3, 0.4) is 0 Å². The van der Waals surface area contributed by atoms with Crippen LogP contribution in [0.5, 0.6) is 0 Å². The second-order valence-corrected chi connectivity index (χ2v) is 21.7. The zero-order valence-corrected chi connectivity index (χ0v) is 43.4. The van der Waals surface area contributed by atoms with Gasteiger partial charge in [-0.2, -0.15) is 0 Å². The predicted octanol–water partition coefficient (Wildman–Crippen LogP) is 18.5. The van der Waals surface area contributed by atoms with Gasteiger partial charge in [0.2, 0.25) is 0 Å². The molecule has 0 saturated carbocycles. The van der Waals surface area contributed by atoms with Gasteiger partial charge in [-0.15, -0.1) is 0 Å². The van der Waals surface area contributed by atoms with Crippen molar-refractivity contribution < 1.29 is 0 Å². The summed E-state index contributed by atoms with van der Waals surface area (Å²) in [6, 6.07) is 83.2. The lowest BCUT2D eigenvalue weighted by Gasteiger charge is -2.33. The van der Waals surface area contributed by atoms with E-state index in [-0.39, 0.29) is 12.0 Å².